The molecule has 4 nitrogen and oxygen atoms in total. The summed E-state index contributed by atoms with van der Waals surface area (Å²) in [4.78, 5) is 9.82. The molecule has 0 aromatic rings. The van der Waals surface area contributed by atoms with Crippen LogP contribution in [0.25, 0.3) is 0 Å². The molecule has 1 aliphatic heterocycles. The van der Waals surface area contributed by atoms with Crippen molar-refractivity contribution in [3.05, 3.63) is 22.0 Å². The van der Waals surface area contributed by atoms with Crippen molar-refractivity contribution >= 4 is 0 Å². The summed E-state index contributed by atoms with van der Waals surface area (Å²) in [7, 11) is 0. The third-order valence-electron chi connectivity index (χ3n) is 1.60. The van der Waals surface area contributed by atoms with E-state index in [-0.39, 0.29) is 10.6 Å². The molecule has 56 valence electrons. The molecule has 0 saturated heterocycles. The van der Waals surface area contributed by atoms with Crippen LogP contribution < -0.4 is 5.32 Å². The Morgan fingerprint density at radius 1 is 1.90 bits per heavy atom. The minimum absolute atomic E-state index is 0.290. The standard InChI is InChI=1S/C6H10N2O2/c1-5-2-3-6(4-7-5)8(9)10/h4-5,7H,2-3H2,1H3. The second-order valence-electron chi connectivity index (χ2n) is 2.50. The Hall–Kier alpha value is -1.06. The highest BCUT2D eigenvalue weighted by Gasteiger charge is 2.16. The second kappa shape index (κ2) is 2.68. The molecule has 0 aliphatic carbocycles. The van der Waals surface area contributed by atoms with Gasteiger partial charge in [0.2, 0.25) is 0 Å². The third-order valence-corrected chi connectivity index (χ3v) is 1.60. The maximum absolute atomic E-state index is 10.2. The van der Waals surface area contributed by atoms with E-state index in [1.54, 1.807) is 0 Å². The Balaban J connectivity index is 2.56. The number of hydrogen-bond acceptors (Lipinski definition) is 3. The first-order valence-corrected chi connectivity index (χ1v) is 3.29. The lowest BCUT2D eigenvalue weighted by Gasteiger charge is -2.14. The first-order valence-electron chi connectivity index (χ1n) is 3.29. The molecule has 0 amide bonds. The highest BCUT2D eigenvalue weighted by atomic mass is 16.6. The predicted molar refractivity (Wildman–Crippen MR) is 36.9 cm³/mol. The summed E-state index contributed by atoms with van der Waals surface area (Å²) in [5.74, 6) is 0. The minimum Gasteiger partial charge on any atom is -0.383 e. The molecule has 1 atom stereocenters. The van der Waals surface area contributed by atoms with E-state index < -0.39 is 0 Å². The van der Waals surface area contributed by atoms with E-state index in [9.17, 15) is 10.1 Å². The fourth-order valence-corrected chi connectivity index (χ4v) is 0.902. The summed E-state index contributed by atoms with van der Waals surface area (Å²) < 4.78 is 0. The van der Waals surface area contributed by atoms with Crippen LogP contribution in [0.1, 0.15) is 19.8 Å². The van der Waals surface area contributed by atoms with E-state index in [1.165, 1.54) is 6.20 Å². The van der Waals surface area contributed by atoms with Crippen LogP contribution in [0.15, 0.2) is 11.9 Å². The summed E-state index contributed by atoms with van der Waals surface area (Å²) in [6, 6.07) is 0.378. The maximum Gasteiger partial charge on any atom is 0.261 e. The molecule has 1 N–H and O–H groups in total. The summed E-state index contributed by atoms with van der Waals surface area (Å²) in [6.07, 6.45) is 2.93. The Labute approximate surface area is 59.1 Å². The van der Waals surface area contributed by atoms with Crippen LogP contribution >= 0.6 is 0 Å². The van der Waals surface area contributed by atoms with Crippen molar-refractivity contribution in [2.24, 2.45) is 0 Å². The highest BCUT2D eigenvalue weighted by Crippen LogP contribution is 2.11. The number of nitrogens with one attached hydrogen (secondary N) is 1. The fourth-order valence-electron chi connectivity index (χ4n) is 0.902. The Morgan fingerprint density at radius 3 is 3.00 bits per heavy atom. The van der Waals surface area contributed by atoms with Gasteiger partial charge in [-0.15, -0.1) is 0 Å². The largest absolute Gasteiger partial charge is 0.383 e. The zero-order valence-electron chi connectivity index (χ0n) is 5.83. The first kappa shape index (κ1) is 7.05. The van der Waals surface area contributed by atoms with Gasteiger partial charge in [0, 0.05) is 12.5 Å². The number of nitro groups is 1. The van der Waals surface area contributed by atoms with Crippen LogP contribution in [0.3, 0.4) is 0 Å². The summed E-state index contributed by atoms with van der Waals surface area (Å²) in [5.41, 5.74) is 0.290. The molecule has 0 aromatic heterocycles. The van der Waals surface area contributed by atoms with Crippen molar-refractivity contribution in [1.29, 1.82) is 0 Å². The van der Waals surface area contributed by atoms with Gasteiger partial charge in [-0.1, -0.05) is 0 Å². The smallest absolute Gasteiger partial charge is 0.261 e. The van der Waals surface area contributed by atoms with E-state index in [2.05, 4.69) is 5.32 Å². The van der Waals surface area contributed by atoms with Crippen molar-refractivity contribution in [3.8, 4) is 0 Å². The number of allylic oxidation sites excluding steroid dienone is 1. The van der Waals surface area contributed by atoms with Crippen molar-refractivity contribution in [3.63, 3.8) is 0 Å². The third kappa shape index (κ3) is 1.46. The van der Waals surface area contributed by atoms with Gasteiger partial charge in [0.05, 0.1) is 11.1 Å². The quantitative estimate of drug-likeness (QED) is 0.436. The number of rotatable bonds is 1. The molecule has 0 spiro atoms. The van der Waals surface area contributed by atoms with E-state index in [4.69, 9.17) is 0 Å². The van der Waals surface area contributed by atoms with E-state index in [0.29, 0.717) is 12.5 Å². The molecule has 1 aliphatic rings. The Morgan fingerprint density at radius 2 is 2.60 bits per heavy atom. The monoisotopic (exact) mass is 142 g/mol. The normalized spacial score (nSPS) is 24.9. The molecule has 0 saturated carbocycles. The van der Waals surface area contributed by atoms with Crippen molar-refractivity contribution < 1.29 is 4.92 Å². The molecule has 1 rings (SSSR count). The molecule has 1 heterocycles. The highest BCUT2D eigenvalue weighted by molar-refractivity contribution is 4.96. The lowest BCUT2D eigenvalue weighted by molar-refractivity contribution is -0.429. The van der Waals surface area contributed by atoms with Gasteiger partial charge in [-0.25, -0.2) is 0 Å². The number of hydrogen-bond donors (Lipinski definition) is 1. The summed E-state index contributed by atoms with van der Waals surface area (Å²) >= 11 is 0. The van der Waals surface area contributed by atoms with Gasteiger partial charge in [0.15, 0.2) is 0 Å². The number of nitrogens with zero attached hydrogens (tertiary/aromatic N) is 1. The van der Waals surface area contributed by atoms with Crippen LogP contribution in [0.4, 0.5) is 0 Å². The topological polar surface area (TPSA) is 55.2 Å². The maximum atomic E-state index is 10.2. The summed E-state index contributed by atoms with van der Waals surface area (Å²) in [5, 5.41) is 13.1. The van der Waals surface area contributed by atoms with Crippen LogP contribution in [0, 0.1) is 10.1 Å². The lowest BCUT2D eigenvalue weighted by atomic mass is 10.1. The molecule has 0 aromatic carbocycles. The van der Waals surface area contributed by atoms with Crippen molar-refractivity contribution in [1.82, 2.24) is 5.32 Å². The molecule has 0 radical (unpaired) electrons. The van der Waals surface area contributed by atoms with Crippen LogP contribution in [-0.2, 0) is 0 Å². The van der Waals surface area contributed by atoms with Gasteiger partial charge in [-0.2, -0.15) is 0 Å². The Kier molecular flexibility index (Phi) is 1.89. The zero-order chi connectivity index (χ0) is 7.56. The molecular formula is C6H10N2O2. The van der Waals surface area contributed by atoms with Crippen LogP contribution in [0.2, 0.25) is 0 Å². The van der Waals surface area contributed by atoms with Crippen molar-refractivity contribution in [2.45, 2.75) is 25.8 Å². The van der Waals surface area contributed by atoms with E-state index >= 15 is 0 Å². The zero-order valence-corrected chi connectivity index (χ0v) is 5.83. The lowest BCUT2D eigenvalue weighted by Crippen LogP contribution is -2.26. The van der Waals surface area contributed by atoms with Gasteiger partial charge in [0.25, 0.3) is 5.70 Å². The minimum atomic E-state index is -0.334. The average molecular weight is 142 g/mol. The molecular weight excluding hydrogens is 132 g/mol. The van der Waals surface area contributed by atoms with Crippen LogP contribution in [-0.4, -0.2) is 11.0 Å². The molecule has 0 fully saturated rings. The average Bonchev–Trinajstić information content (AvgIpc) is 1.88. The van der Waals surface area contributed by atoms with Gasteiger partial charge < -0.3 is 5.32 Å². The second-order valence-corrected chi connectivity index (χ2v) is 2.50. The molecule has 0 bridgehead atoms. The van der Waals surface area contributed by atoms with Gasteiger partial charge in [-0.05, 0) is 13.3 Å². The predicted octanol–water partition coefficient (Wildman–Crippen LogP) is 0.876. The van der Waals surface area contributed by atoms with Crippen LogP contribution in [0.5, 0.6) is 0 Å². The molecule has 10 heavy (non-hydrogen) atoms. The van der Waals surface area contributed by atoms with Gasteiger partial charge in [0.1, 0.15) is 0 Å². The molecule has 1 unspecified atom stereocenters. The van der Waals surface area contributed by atoms with E-state index in [1.807, 2.05) is 6.92 Å². The molecule has 4 heteroatoms. The fraction of sp³-hybridized carbons (Fsp3) is 0.667. The summed E-state index contributed by atoms with van der Waals surface area (Å²) in [6.45, 7) is 2.01. The van der Waals surface area contributed by atoms with Gasteiger partial charge in [-0.3, -0.25) is 10.1 Å². The SMILES string of the molecule is CC1CCC([N+](=O)[O-])=CN1. The van der Waals surface area contributed by atoms with Gasteiger partial charge >= 0.3 is 0 Å². The Bertz CT molecular complexity index is 177. The van der Waals surface area contributed by atoms with Crippen molar-refractivity contribution in [2.75, 3.05) is 0 Å². The first-order chi connectivity index (χ1) is 4.70. The van der Waals surface area contributed by atoms with E-state index in [0.717, 1.165) is 6.42 Å².